The Morgan fingerprint density at radius 3 is 2.21 bits per heavy atom. The molecule has 0 aliphatic rings. The van der Waals surface area contributed by atoms with Gasteiger partial charge in [-0.05, 0) is 43.5 Å². The Morgan fingerprint density at radius 2 is 1.74 bits per heavy atom. The number of aryl methyl sites for hydroxylation is 1. The molecule has 0 heterocycles. The van der Waals surface area contributed by atoms with Crippen molar-refractivity contribution in [3.8, 4) is 0 Å². The van der Waals surface area contributed by atoms with Crippen molar-refractivity contribution < 1.29 is 4.79 Å². The summed E-state index contributed by atoms with van der Waals surface area (Å²) in [5.41, 5.74) is 8.19. The molecule has 1 amide bonds. The van der Waals surface area contributed by atoms with Crippen LogP contribution in [0.15, 0.2) is 18.2 Å². The number of hydrogen-bond donors (Lipinski definition) is 1. The molecule has 0 fully saturated rings. The van der Waals surface area contributed by atoms with Gasteiger partial charge in [-0.1, -0.05) is 26.7 Å². The highest BCUT2D eigenvalue weighted by molar-refractivity contribution is 5.96. The first-order valence-corrected chi connectivity index (χ1v) is 7.25. The number of rotatable bonds is 7. The maximum atomic E-state index is 12.6. The van der Waals surface area contributed by atoms with Gasteiger partial charge >= 0.3 is 0 Å². The van der Waals surface area contributed by atoms with Gasteiger partial charge in [0.2, 0.25) is 0 Å². The van der Waals surface area contributed by atoms with Crippen LogP contribution in [0, 0.1) is 6.92 Å². The predicted molar refractivity (Wildman–Crippen MR) is 81.3 cm³/mol. The van der Waals surface area contributed by atoms with Crippen LogP contribution < -0.4 is 5.73 Å². The molecule has 1 aromatic rings. The van der Waals surface area contributed by atoms with E-state index in [4.69, 9.17) is 5.73 Å². The second-order valence-corrected chi connectivity index (χ2v) is 5.07. The van der Waals surface area contributed by atoms with E-state index in [2.05, 4.69) is 13.8 Å². The highest BCUT2D eigenvalue weighted by Gasteiger charge is 2.16. The fourth-order valence-electron chi connectivity index (χ4n) is 2.11. The van der Waals surface area contributed by atoms with Crippen LogP contribution >= 0.6 is 0 Å². The number of hydrogen-bond acceptors (Lipinski definition) is 2. The number of nitrogen functional groups attached to an aromatic ring is 1. The van der Waals surface area contributed by atoms with Gasteiger partial charge in [-0.25, -0.2) is 0 Å². The van der Waals surface area contributed by atoms with Crippen LogP contribution in [0.4, 0.5) is 5.69 Å². The Labute approximate surface area is 116 Å². The molecule has 1 rings (SSSR count). The van der Waals surface area contributed by atoms with E-state index in [0.717, 1.165) is 49.9 Å². The standard InChI is InChI=1S/C16H26N2O/c1-4-6-10-18(11-7-5-2)16(19)15-9-8-14(17)12-13(15)3/h8-9,12H,4-7,10-11,17H2,1-3H3. The van der Waals surface area contributed by atoms with Crippen molar-refractivity contribution in [2.45, 2.75) is 46.5 Å². The van der Waals surface area contributed by atoms with E-state index in [1.54, 1.807) is 6.07 Å². The maximum Gasteiger partial charge on any atom is 0.254 e. The van der Waals surface area contributed by atoms with Crippen molar-refractivity contribution in [3.63, 3.8) is 0 Å². The molecule has 1 aromatic carbocycles. The molecule has 0 aliphatic carbocycles. The molecule has 0 aliphatic heterocycles. The fraction of sp³-hybridized carbons (Fsp3) is 0.562. The van der Waals surface area contributed by atoms with Crippen LogP contribution in [0.3, 0.4) is 0 Å². The second-order valence-electron chi connectivity index (χ2n) is 5.07. The zero-order valence-electron chi connectivity index (χ0n) is 12.4. The Balaban J connectivity index is 2.84. The van der Waals surface area contributed by atoms with Crippen LogP contribution in [-0.2, 0) is 0 Å². The second kappa shape index (κ2) is 7.82. The van der Waals surface area contributed by atoms with Crippen LogP contribution in [0.25, 0.3) is 0 Å². The highest BCUT2D eigenvalue weighted by Crippen LogP contribution is 2.15. The molecular formula is C16H26N2O. The van der Waals surface area contributed by atoms with Gasteiger partial charge in [-0.3, -0.25) is 4.79 Å². The molecular weight excluding hydrogens is 236 g/mol. The number of carbonyl (C=O) groups is 1. The molecule has 0 spiro atoms. The molecule has 0 bridgehead atoms. The van der Waals surface area contributed by atoms with Crippen molar-refractivity contribution in [1.29, 1.82) is 0 Å². The molecule has 0 saturated heterocycles. The summed E-state index contributed by atoms with van der Waals surface area (Å²) in [5.74, 6) is 0.138. The molecule has 3 heteroatoms. The quantitative estimate of drug-likeness (QED) is 0.763. The summed E-state index contributed by atoms with van der Waals surface area (Å²) < 4.78 is 0. The first kappa shape index (κ1) is 15.5. The summed E-state index contributed by atoms with van der Waals surface area (Å²) in [4.78, 5) is 14.6. The van der Waals surface area contributed by atoms with Crippen LogP contribution in [0.5, 0.6) is 0 Å². The van der Waals surface area contributed by atoms with Crippen molar-refractivity contribution in [3.05, 3.63) is 29.3 Å². The van der Waals surface area contributed by atoms with Crippen molar-refractivity contribution in [2.75, 3.05) is 18.8 Å². The normalized spacial score (nSPS) is 10.5. The summed E-state index contributed by atoms with van der Waals surface area (Å²) in [6, 6.07) is 5.51. The van der Waals surface area contributed by atoms with E-state index < -0.39 is 0 Å². The largest absolute Gasteiger partial charge is 0.399 e. The average Bonchev–Trinajstić information content (AvgIpc) is 2.38. The summed E-state index contributed by atoms with van der Waals surface area (Å²) in [6.07, 6.45) is 4.33. The summed E-state index contributed by atoms with van der Waals surface area (Å²) in [6.45, 7) is 7.94. The molecule has 0 radical (unpaired) electrons. The molecule has 19 heavy (non-hydrogen) atoms. The van der Waals surface area contributed by atoms with Gasteiger partial charge in [-0.15, -0.1) is 0 Å². The molecule has 0 saturated carbocycles. The van der Waals surface area contributed by atoms with Crippen LogP contribution in [0.2, 0.25) is 0 Å². The number of unbranched alkanes of at least 4 members (excludes halogenated alkanes) is 2. The first-order chi connectivity index (χ1) is 9.10. The van der Waals surface area contributed by atoms with E-state index in [9.17, 15) is 4.79 Å². The lowest BCUT2D eigenvalue weighted by Crippen LogP contribution is -2.33. The van der Waals surface area contributed by atoms with Crippen molar-refractivity contribution in [1.82, 2.24) is 4.90 Å². The van der Waals surface area contributed by atoms with E-state index >= 15 is 0 Å². The Morgan fingerprint density at radius 1 is 1.16 bits per heavy atom. The molecule has 0 unspecified atom stereocenters. The van der Waals surface area contributed by atoms with Gasteiger partial charge in [0.15, 0.2) is 0 Å². The predicted octanol–water partition coefficient (Wildman–Crippen LogP) is 3.62. The number of nitrogens with two attached hydrogens (primary N) is 1. The lowest BCUT2D eigenvalue weighted by atomic mass is 10.1. The lowest BCUT2D eigenvalue weighted by Gasteiger charge is -2.23. The van der Waals surface area contributed by atoms with Gasteiger partial charge in [0, 0.05) is 24.3 Å². The topological polar surface area (TPSA) is 46.3 Å². The van der Waals surface area contributed by atoms with Gasteiger partial charge < -0.3 is 10.6 Å². The molecule has 3 nitrogen and oxygen atoms in total. The van der Waals surface area contributed by atoms with Gasteiger partial charge in [0.1, 0.15) is 0 Å². The minimum Gasteiger partial charge on any atom is -0.399 e. The minimum absolute atomic E-state index is 0.138. The zero-order valence-corrected chi connectivity index (χ0v) is 12.4. The number of amides is 1. The number of benzene rings is 1. The third-order valence-electron chi connectivity index (χ3n) is 3.33. The Bertz CT molecular complexity index is 407. The Hall–Kier alpha value is -1.51. The fourth-order valence-corrected chi connectivity index (χ4v) is 2.11. The van der Waals surface area contributed by atoms with Gasteiger partial charge in [0.05, 0.1) is 0 Å². The summed E-state index contributed by atoms with van der Waals surface area (Å²) in [5, 5.41) is 0. The molecule has 0 aromatic heterocycles. The van der Waals surface area contributed by atoms with E-state index in [0.29, 0.717) is 5.69 Å². The minimum atomic E-state index is 0.138. The average molecular weight is 262 g/mol. The first-order valence-electron chi connectivity index (χ1n) is 7.25. The molecule has 106 valence electrons. The zero-order chi connectivity index (χ0) is 14.3. The third kappa shape index (κ3) is 4.58. The highest BCUT2D eigenvalue weighted by atomic mass is 16.2. The van der Waals surface area contributed by atoms with Gasteiger partial charge in [-0.2, -0.15) is 0 Å². The smallest absolute Gasteiger partial charge is 0.254 e. The Kier molecular flexibility index (Phi) is 6.40. The summed E-state index contributed by atoms with van der Waals surface area (Å²) in [7, 11) is 0. The monoisotopic (exact) mass is 262 g/mol. The maximum absolute atomic E-state index is 12.6. The van der Waals surface area contributed by atoms with Crippen LogP contribution in [0.1, 0.15) is 55.5 Å². The summed E-state index contributed by atoms with van der Waals surface area (Å²) >= 11 is 0. The van der Waals surface area contributed by atoms with Crippen LogP contribution in [-0.4, -0.2) is 23.9 Å². The number of anilines is 1. The molecule has 0 atom stereocenters. The number of nitrogens with zero attached hydrogens (tertiary/aromatic N) is 1. The van der Waals surface area contributed by atoms with Crippen molar-refractivity contribution in [2.24, 2.45) is 0 Å². The van der Waals surface area contributed by atoms with E-state index in [-0.39, 0.29) is 5.91 Å². The third-order valence-corrected chi connectivity index (χ3v) is 3.33. The van der Waals surface area contributed by atoms with E-state index in [1.165, 1.54) is 0 Å². The lowest BCUT2D eigenvalue weighted by molar-refractivity contribution is 0.0750. The van der Waals surface area contributed by atoms with Gasteiger partial charge in [0.25, 0.3) is 5.91 Å². The SMILES string of the molecule is CCCCN(CCCC)C(=O)c1ccc(N)cc1C. The van der Waals surface area contributed by atoms with Crippen molar-refractivity contribution >= 4 is 11.6 Å². The van der Waals surface area contributed by atoms with E-state index in [1.807, 2.05) is 24.0 Å². The molecule has 2 N–H and O–H groups in total. The number of carbonyl (C=O) groups excluding carboxylic acids is 1.